The Morgan fingerprint density at radius 2 is 2.40 bits per heavy atom. The van der Waals surface area contributed by atoms with E-state index in [0.29, 0.717) is 0 Å². The monoisotopic (exact) mass is 278 g/mol. The maximum Gasteiger partial charge on any atom is 0.223 e. The number of halogens is 1. The lowest BCUT2D eigenvalue weighted by Gasteiger charge is -2.25. The number of amides is 1. The second kappa shape index (κ2) is 7.39. The Morgan fingerprint density at radius 3 is 3.10 bits per heavy atom. The van der Waals surface area contributed by atoms with Crippen LogP contribution in [0.5, 0.6) is 0 Å². The van der Waals surface area contributed by atoms with Crippen LogP contribution in [0.4, 0.5) is 4.39 Å². The summed E-state index contributed by atoms with van der Waals surface area (Å²) in [5.74, 6) is -0.150. The molecule has 1 fully saturated rings. The van der Waals surface area contributed by atoms with Crippen molar-refractivity contribution in [1.82, 2.24) is 10.6 Å². The molecule has 110 valence electrons. The highest BCUT2D eigenvalue weighted by molar-refractivity contribution is 5.78. The number of hydrogen-bond donors (Lipinski definition) is 2. The summed E-state index contributed by atoms with van der Waals surface area (Å²) in [5, 5.41) is 6.38. The normalized spacial score (nSPS) is 20.4. The SMILES string of the molecule is CC(CCc1cccc(F)c1)C(=O)NC1CCCNC1. The Balaban J connectivity index is 1.76. The molecule has 20 heavy (non-hydrogen) atoms. The average molecular weight is 278 g/mol. The first kappa shape index (κ1) is 15.0. The van der Waals surface area contributed by atoms with Gasteiger partial charge in [-0.05, 0) is 49.9 Å². The summed E-state index contributed by atoms with van der Waals surface area (Å²) in [6, 6.07) is 6.85. The van der Waals surface area contributed by atoms with Gasteiger partial charge in [0.25, 0.3) is 0 Å². The Labute approximate surface area is 120 Å². The molecule has 2 unspecified atom stereocenters. The van der Waals surface area contributed by atoms with Gasteiger partial charge in [0.2, 0.25) is 5.91 Å². The van der Waals surface area contributed by atoms with Crippen molar-refractivity contribution in [2.45, 2.75) is 38.6 Å². The van der Waals surface area contributed by atoms with Crippen LogP contribution in [0.1, 0.15) is 31.7 Å². The summed E-state index contributed by atoms with van der Waals surface area (Å²) in [6.45, 7) is 3.84. The van der Waals surface area contributed by atoms with Gasteiger partial charge < -0.3 is 10.6 Å². The molecule has 1 aliphatic rings. The van der Waals surface area contributed by atoms with E-state index in [4.69, 9.17) is 0 Å². The summed E-state index contributed by atoms with van der Waals surface area (Å²) in [6.07, 6.45) is 3.64. The van der Waals surface area contributed by atoms with Crippen molar-refractivity contribution < 1.29 is 9.18 Å². The molecule has 0 aliphatic carbocycles. The molecule has 1 amide bonds. The maximum atomic E-state index is 13.1. The van der Waals surface area contributed by atoms with E-state index >= 15 is 0 Å². The lowest BCUT2D eigenvalue weighted by Crippen LogP contribution is -2.47. The number of carbonyl (C=O) groups is 1. The summed E-state index contributed by atoms with van der Waals surface area (Å²) in [5.41, 5.74) is 0.948. The van der Waals surface area contributed by atoms with Gasteiger partial charge in [0.15, 0.2) is 0 Å². The van der Waals surface area contributed by atoms with Crippen LogP contribution in [0.25, 0.3) is 0 Å². The summed E-state index contributed by atoms with van der Waals surface area (Å²) >= 11 is 0. The average Bonchev–Trinajstić information content (AvgIpc) is 2.46. The molecule has 0 aromatic heterocycles. The smallest absolute Gasteiger partial charge is 0.223 e. The molecule has 1 heterocycles. The number of aryl methyl sites for hydroxylation is 1. The highest BCUT2D eigenvalue weighted by Crippen LogP contribution is 2.12. The molecule has 1 aromatic carbocycles. The van der Waals surface area contributed by atoms with Gasteiger partial charge in [-0.15, -0.1) is 0 Å². The largest absolute Gasteiger partial charge is 0.352 e. The van der Waals surface area contributed by atoms with Crippen LogP contribution < -0.4 is 10.6 Å². The first-order valence-electron chi connectivity index (χ1n) is 7.40. The molecular formula is C16H23FN2O. The minimum Gasteiger partial charge on any atom is -0.352 e. The van der Waals surface area contributed by atoms with Crippen molar-refractivity contribution in [2.75, 3.05) is 13.1 Å². The van der Waals surface area contributed by atoms with E-state index in [2.05, 4.69) is 10.6 Å². The molecule has 3 nitrogen and oxygen atoms in total. The lowest BCUT2D eigenvalue weighted by atomic mass is 9.99. The molecule has 0 spiro atoms. The van der Waals surface area contributed by atoms with Gasteiger partial charge in [-0.2, -0.15) is 0 Å². The zero-order valence-electron chi connectivity index (χ0n) is 12.0. The molecule has 1 aliphatic heterocycles. The van der Waals surface area contributed by atoms with Gasteiger partial charge in [0, 0.05) is 18.5 Å². The van der Waals surface area contributed by atoms with Gasteiger partial charge in [-0.1, -0.05) is 19.1 Å². The molecule has 4 heteroatoms. The van der Waals surface area contributed by atoms with E-state index in [1.165, 1.54) is 12.1 Å². The highest BCUT2D eigenvalue weighted by atomic mass is 19.1. The second-order valence-corrected chi connectivity index (χ2v) is 5.62. The van der Waals surface area contributed by atoms with Gasteiger partial charge in [0.1, 0.15) is 5.82 Å². The number of hydrogen-bond acceptors (Lipinski definition) is 2. The Kier molecular flexibility index (Phi) is 5.53. The molecule has 1 saturated heterocycles. The van der Waals surface area contributed by atoms with Crippen LogP contribution in [0.2, 0.25) is 0 Å². The highest BCUT2D eigenvalue weighted by Gasteiger charge is 2.19. The lowest BCUT2D eigenvalue weighted by molar-refractivity contribution is -0.125. The fourth-order valence-electron chi connectivity index (χ4n) is 2.53. The standard InChI is InChI=1S/C16H23FN2O/c1-12(7-8-13-4-2-5-14(17)10-13)16(20)19-15-6-3-9-18-11-15/h2,4-5,10,12,15,18H,3,6-9,11H2,1H3,(H,19,20). The van der Waals surface area contributed by atoms with Crippen LogP contribution in [-0.4, -0.2) is 25.0 Å². The van der Waals surface area contributed by atoms with E-state index in [1.54, 1.807) is 6.07 Å². The predicted molar refractivity (Wildman–Crippen MR) is 77.9 cm³/mol. The zero-order valence-corrected chi connectivity index (χ0v) is 12.0. The predicted octanol–water partition coefficient (Wildman–Crippen LogP) is 2.26. The molecule has 0 bridgehead atoms. The fraction of sp³-hybridized carbons (Fsp3) is 0.562. The minimum atomic E-state index is -0.215. The summed E-state index contributed by atoms with van der Waals surface area (Å²) in [7, 11) is 0. The minimum absolute atomic E-state index is 0.0415. The molecule has 2 N–H and O–H groups in total. The third-order valence-electron chi connectivity index (χ3n) is 3.85. The van der Waals surface area contributed by atoms with Crippen LogP contribution >= 0.6 is 0 Å². The van der Waals surface area contributed by atoms with Gasteiger partial charge in [-0.3, -0.25) is 4.79 Å². The first-order valence-corrected chi connectivity index (χ1v) is 7.40. The molecule has 0 saturated carbocycles. The van der Waals surface area contributed by atoms with E-state index in [1.807, 2.05) is 13.0 Å². The molecule has 0 radical (unpaired) electrons. The maximum absolute atomic E-state index is 13.1. The molecule has 2 rings (SSSR count). The van der Waals surface area contributed by atoms with Crippen molar-refractivity contribution in [1.29, 1.82) is 0 Å². The van der Waals surface area contributed by atoms with E-state index in [9.17, 15) is 9.18 Å². The zero-order chi connectivity index (χ0) is 14.4. The van der Waals surface area contributed by atoms with Crippen molar-refractivity contribution in [3.63, 3.8) is 0 Å². The summed E-state index contributed by atoms with van der Waals surface area (Å²) in [4.78, 5) is 12.1. The topological polar surface area (TPSA) is 41.1 Å². The van der Waals surface area contributed by atoms with Crippen LogP contribution in [0, 0.1) is 11.7 Å². The van der Waals surface area contributed by atoms with Crippen molar-refractivity contribution in [3.8, 4) is 0 Å². The van der Waals surface area contributed by atoms with Crippen LogP contribution in [-0.2, 0) is 11.2 Å². The fourth-order valence-corrected chi connectivity index (χ4v) is 2.53. The van der Waals surface area contributed by atoms with Gasteiger partial charge >= 0.3 is 0 Å². The third-order valence-corrected chi connectivity index (χ3v) is 3.85. The number of carbonyl (C=O) groups excluding carboxylic acids is 1. The van der Waals surface area contributed by atoms with Gasteiger partial charge in [0.05, 0.1) is 0 Å². The van der Waals surface area contributed by atoms with E-state index < -0.39 is 0 Å². The van der Waals surface area contributed by atoms with Crippen LogP contribution in [0.15, 0.2) is 24.3 Å². The number of piperidine rings is 1. The molecule has 1 aromatic rings. The van der Waals surface area contributed by atoms with Gasteiger partial charge in [-0.25, -0.2) is 4.39 Å². The molecule has 2 atom stereocenters. The number of nitrogens with one attached hydrogen (secondary N) is 2. The Hall–Kier alpha value is -1.42. The third kappa shape index (κ3) is 4.60. The van der Waals surface area contributed by atoms with Crippen LogP contribution in [0.3, 0.4) is 0 Å². The summed E-state index contributed by atoms with van der Waals surface area (Å²) < 4.78 is 13.1. The van der Waals surface area contributed by atoms with Crippen molar-refractivity contribution in [2.24, 2.45) is 5.92 Å². The number of rotatable bonds is 5. The quantitative estimate of drug-likeness (QED) is 0.867. The van der Waals surface area contributed by atoms with E-state index in [-0.39, 0.29) is 23.7 Å². The van der Waals surface area contributed by atoms with E-state index in [0.717, 1.165) is 44.3 Å². The number of benzene rings is 1. The Morgan fingerprint density at radius 1 is 1.55 bits per heavy atom. The first-order chi connectivity index (χ1) is 9.65. The van der Waals surface area contributed by atoms with Crippen molar-refractivity contribution in [3.05, 3.63) is 35.6 Å². The molecular weight excluding hydrogens is 255 g/mol. The van der Waals surface area contributed by atoms with Crippen molar-refractivity contribution >= 4 is 5.91 Å². The Bertz CT molecular complexity index is 444. The second-order valence-electron chi connectivity index (χ2n) is 5.62.